The fraction of sp³-hybridized carbons (Fsp3) is 0.438. The second kappa shape index (κ2) is 8.35. The van der Waals surface area contributed by atoms with Crippen LogP contribution in [0.2, 0.25) is 0 Å². The Hall–Kier alpha value is -1.77. The van der Waals surface area contributed by atoms with Crippen molar-refractivity contribution in [3.63, 3.8) is 0 Å². The quantitative estimate of drug-likeness (QED) is 0.546. The minimum atomic E-state index is -1.08. The smallest absolute Gasteiger partial charge is 0.339 e. The van der Waals surface area contributed by atoms with Gasteiger partial charge in [-0.1, -0.05) is 50.5 Å². The molecule has 0 aliphatic rings. The lowest BCUT2D eigenvalue weighted by Gasteiger charge is -2.05. The van der Waals surface area contributed by atoms with Crippen LogP contribution in [-0.4, -0.2) is 16.2 Å². The van der Waals surface area contributed by atoms with E-state index in [1.165, 1.54) is 31.7 Å². The molecule has 2 N–H and O–H groups in total. The van der Waals surface area contributed by atoms with E-state index in [9.17, 15) is 9.90 Å². The van der Waals surface area contributed by atoms with Gasteiger partial charge >= 0.3 is 5.97 Å². The summed E-state index contributed by atoms with van der Waals surface area (Å²) in [6, 6.07) is 4.82. The van der Waals surface area contributed by atoms with Crippen LogP contribution < -0.4 is 0 Å². The van der Waals surface area contributed by atoms with E-state index >= 15 is 0 Å². The highest BCUT2D eigenvalue weighted by atomic mass is 16.4. The summed E-state index contributed by atoms with van der Waals surface area (Å²) in [4.78, 5) is 11.1. The zero-order chi connectivity index (χ0) is 14.1. The molecule has 0 heterocycles. The molecule has 0 bridgehead atoms. The average Bonchev–Trinajstić information content (AvgIpc) is 2.37. The summed E-state index contributed by atoms with van der Waals surface area (Å²) < 4.78 is 0. The Labute approximate surface area is 114 Å². The molecule has 3 nitrogen and oxygen atoms in total. The normalized spacial score (nSPS) is 11.0. The average molecular weight is 262 g/mol. The first-order chi connectivity index (χ1) is 9.16. The summed E-state index contributed by atoms with van der Waals surface area (Å²) in [5, 5.41) is 18.6. The highest BCUT2D eigenvalue weighted by molar-refractivity contribution is 5.92. The Balaban J connectivity index is 2.51. The topological polar surface area (TPSA) is 57.5 Å². The van der Waals surface area contributed by atoms with Gasteiger partial charge in [-0.3, -0.25) is 0 Å². The van der Waals surface area contributed by atoms with Gasteiger partial charge in [-0.25, -0.2) is 4.79 Å². The minimum absolute atomic E-state index is 0.0122. The molecule has 1 rings (SSSR count). The Morgan fingerprint density at radius 2 is 2.00 bits per heavy atom. The molecule has 0 radical (unpaired) electrons. The summed E-state index contributed by atoms with van der Waals surface area (Å²) in [7, 11) is 0. The van der Waals surface area contributed by atoms with Gasteiger partial charge in [-0.15, -0.1) is 0 Å². The number of benzene rings is 1. The number of carbonyl (C=O) groups is 1. The molecule has 0 amide bonds. The molecule has 0 saturated heterocycles. The van der Waals surface area contributed by atoms with Gasteiger partial charge in [0.2, 0.25) is 0 Å². The standard InChI is InChI=1S/C16H22O3/c1-2-3-4-5-6-7-8-10-13-11-9-12-14(17)15(13)16(18)19/h7-9,11-12,17H,2-6,10H2,1H3,(H,18,19)/b8-7+. The van der Waals surface area contributed by atoms with Crippen LogP contribution in [0.3, 0.4) is 0 Å². The molecule has 0 spiro atoms. The van der Waals surface area contributed by atoms with Gasteiger partial charge in [0, 0.05) is 0 Å². The zero-order valence-electron chi connectivity index (χ0n) is 11.4. The first kappa shape index (κ1) is 15.3. The summed E-state index contributed by atoms with van der Waals surface area (Å²) in [5.41, 5.74) is 0.662. The molecule has 0 saturated carbocycles. The molecule has 1 aromatic carbocycles. The number of carboxylic acids is 1. The Kier molecular flexibility index (Phi) is 6.72. The highest BCUT2D eigenvalue weighted by Gasteiger charge is 2.13. The maximum atomic E-state index is 11.1. The van der Waals surface area contributed by atoms with Crippen molar-refractivity contribution < 1.29 is 15.0 Å². The molecule has 0 atom stereocenters. The van der Waals surface area contributed by atoms with E-state index in [-0.39, 0.29) is 11.3 Å². The van der Waals surface area contributed by atoms with Gasteiger partial charge in [0.05, 0.1) is 0 Å². The monoisotopic (exact) mass is 262 g/mol. The Morgan fingerprint density at radius 1 is 1.21 bits per heavy atom. The Bertz CT molecular complexity index is 436. The number of hydrogen-bond acceptors (Lipinski definition) is 2. The second-order valence-electron chi connectivity index (χ2n) is 4.64. The van der Waals surface area contributed by atoms with Crippen LogP contribution >= 0.6 is 0 Å². The molecule has 0 aromatic heterocycles. The molecule has 3 heteroatoms. The van der Waals surface area contributed by atoms with Crippen molar-refractivity contribution in [3.05, 3.63) is 41.5 Å². The molecule has 104 valence electrons. The summed E-state index contributed by atoms with van der Waals surface area (Å²) >= 11 is 0. The number of aromatic hydroxyl groups is 1. The molecular weight excluding hydrogens is 240 g/mol. The van der Waals surface area contributed by atoms with Gasteiger partial charge in [0.25, 0.3) is 0 Å². The van der Waals surface area contributed by atoms with E-state index in [4.69, 9.17) is 5.11 Å². The van der Waals surface area contributed by atoms with Crippen molar-refractivity contribution in [3.8, 4) is 5.75 Å². The van der Waals surface area contributed by atoms with Gasteiger partial charge in [0.1, 0.15) is 11.3 Å². The minimum Gasteiger partial charge on any atom is -0.507 e. The summed E-state index contributed by atoms with van der Waals surface area (Å²) in [5.74, 6) is -1.24. The summed E-state index contributed by atoms with van der Waals surface area (Å²) in [6.07, 6.45) is 10.6. The number of rotatable bonds is 8. The van der Waals surface area contributed by atoms with Gasteiger partial charge in [-0.2, -0.15) is 0 Å². The number of allylic oxidation sites excluding steroid dienone is 2. The van der Waals surface area contributed by atoms with Crippen LogP contribution in [0.1, 0.15) is 54.9 Å². The van der Waals surface area contributed by atoms with Gasteiger partial charge in [0.15, 0.2) is 0 Å². The maximum absolute atomic E-state index is 11.1. The third-order valence-electron chi connectivity index (χ3n) is 3.07. The SMILES string of the molecule is CCCCCC/C=C/Cc1cccc(O)c1C(=O)O. The van der Waals surface area contributed by atoms with E-state index in [1.54, 1.807) is 12.1 Å². The number of aromatic carboxylic acids is 1. The van der Waals surface area contributed by atoms with Crippen molar-refractivity contribution in [2.45, 2.75) is 45.4 Å². The lowest BCUT2D eigenvalue weighted by atomic mass is 10.0. The molecule has 19 heavy (non-hydrogen) atoms. The predicted octanol–water partition coefficient (Wildman–Crippen LogP) is 4.16. The lowest BCUT2D eigenvalue weighted by Crippen LogP contribution is -2.02. The van der Waals surface area contributed by atoms with Crippen LogP contribution in [0.4, 0.5) is 0 Å². The number of hydrogen-bond donors (Lipinski definition) is 2. The fourth-order valence-corrected chi connectivity index (χ4v) is 2.02. The first-order valence-corrected chi connectivity index (χ1v) is 6.86. The van der Waals surface area contributed by atoms with Crippen LogP contribution in [0.15, 0.2) is 30.4 Å². The first-order valence-electron chi connectivity index (χ1n) is 6.86. The van der Waals surface area contributed by atoms with Crippen molar-refractivity contribution in [1.82, 2.24) is 0 Å². The van der Waals surface area contributed by atoms with Crippen molar-refractivity contribution in [2.75, 3.05) is 0 Å². The van der Waals surface area contributed by atoms with Gasteiger partial charge < -0.3 is 10.2 Å². The fourth-order valence-electron chi connectivity index (χ4n) is 2.02. The Morgan fingerprint density at radius 3 is 2.68 bits per heavy atom. The molecular formula is C16H22O3. The van der Waals surface area contributed by atoms with Crippen LogP contribution in [0, 0.1) is 0 Å². The van der Waals surface area contributed by atoms with E-state index < -0.39 is 5.97 Å². The number of carboxylic acid groups (broad SMARTS) is 1. The van der Waals surface area contributed by atoms with Crippen LogP contribution in [0.5, 0.6) is 5.75 Å². The van der Waals surface area contributed by atoms with Crippen molar-refractivity contribution >= 4 is 5.97 Å². The lowest BCUT2D eigenvalue weighted by molar-refractivity contribution is 0.0692. The van der Waals surface area contributed by atoms with E-state index in [0.29, 0.717) is 12.0 Å². The highest BCUT2D eigenvalue weighted by Crippen LogP contribution is 2.21. The zero-order valence-corrected chi connectivity index (χ0v) is 11.4. The van der Waals surface area contributed by atoms with E-state index in [2.05, 4.69) is 13.0 Å². The molecule has 0 aliphatic heterocycles. The third kappa shape index (κ3) is 5.16. The summed E-state index contributed by atoms with van der Waals surface area (Å²) in [6.45, 7) is 2.19. The van der Waals surface area contributed by atoms with Crippen LogP contribution in [-0.2, 0) is 6.42 Å². The second-order valence-corrected chi connectivity index (χ2v) is 4.64. The maximum Gasteiger partial charge on any atom is 0.339 e. The van der Waals surface area contributed by atoms with E-state index in [1.807, 2.05) is 6.08 Å². The number of unbranched alkanes of at least 4 members (excludes halogenated alkanes) is 4. The molecule has 0 unspecified atom stereocenters. The van der Waals surface area contributed by atoms with Gasteiger partial charge in [-0.05, 0) is 30.9 Å². The molecule has 0 aliphatic carbocycles. The van der Waals surface area contributed by atoms with E-state index in [0.717, 1.165) is 6.42 Å². The predicted molar refractivity (Wildman–Crippen MR) is 76.7 cm³/mol. The molecule has 1 aromatic rings. The number of phenols is 1. The van der Waals surface area contributed by atoms with Crippen molar-refractivity contribution in [2.24, 2.45) is 0 Å². The van der Waals surface area contributed by atoms with Crippen molar-refractivity contribution in [1.29, 1.82) is 0 Å². The molecule has 0 fully saturated rings. The largest absolute Gasteiger partial charge is 0.507 e. The third-order valence-corrected chi connectivity index (χ3v) is 3.07. The van der Waals surface area contributed by atoms with Crippen LogP contribution in [0.25, 0.3) is 0 Å².